The van der Waals surface area contributed by atoms with Crippen LogP contribution in [0.1, 0.15) is 59.3 Å². The molecule has 2 aliphatic rings. The van der Waals surface area contributed by atoms with Gasteiger partial charge in [-0.05, 0) is 119 Å². The van der Waals surface area contributed by atoms with Crippen LogP contribution in [0.4, 0.5) is 5.82 Å². The molecule has 1 N–H and O–H groups in total. The molecule has 1 aliphatic carbocycles. The minimum absolute atomic E-state index is 0.327. The molecule has 25 heavy (non-hydrogen) atoms. The van der Waals surface area contributed by atoms with Crippen molar-refractivity contribution < 1.29 is 0 Å². The third kappa shape index (κ3) is 5.46. The molecule has 2 fully saturated rings. The van der Waals surface area contributed by atoms with Gasteiger partial charge in [-0.3, -0.25) is 4.90 Å². The standard InChI is InChI=1S/C20H31ClIN3/c1-20(2,3)25-10-8-15(9-11-25)14-4-6-17(7-5-14)23-19-13-16(22)12-18(21)24-19/h12-15,17H,4-11H2,1-3H3,(H,23,24). The smallest absolute Gasteiger partial charge is 0.132 e. The summed E-state index contributed by atoms with van der Waals surface area (Å²) in [7, 11) is 0. The third-order valence-corrected chi connectivity index (χ3v) is 6.85. The summed E-state index contributed by atoms with van der Waals surface area (Å²) in [6.45, 7) is 9.58. The molecule has 0 radical (unpaired) electrons. The molecule has 0 unspecified atom stereocenters. The average molecular weight is 476 g/mol. The van der Waals surface area contributed by atoms with Crippen molar-refractivity contribution in [2.45, 2.75) is 70.9 Å². The topological polar surface area (TPSA) is 28.2 Å². The van der Waals surface area contributed by atoms with Gasteiger partial charge in [-0.15, -0.1) is 0 Å². The highest BCUT2D eigenvalue weighted by atomic mass is 127. The maximum absolute atomic E-state index is 6.08. The van der Waals surface area contributed by atoms with Crippen molar-refractivity contribution >= 4 is 40.0 Å². The lowest BCUT2D eigenvalue weighted by Gasteiger charge is -2.44. The number of anilines is 1. The van der Waals surface area contributed by atoms with Crippen LogP contribution >= 0.6 is 34.2 Å². The van der Waals surface area contributed by atoms with E-state index in [4.69, 9.17) is 11.6 Å². The first kappa shape index (κ1) is 19.7. The summed E-state index contributed by atoms with van der Waals surface area (Å²) in [5.74, 6) is 2.79. The Bertz CT molecular complexity index is 551. The van der Waals surface area contributed by atoms with E-state index in [2.05, 4.69) is 64.6 Å². The zero-order chi connectivity index (χ0) is 18.0. The maximum Gasteiger partial charge on any atom is 0.132 e. The molecule has 3 nitrogen and oxygen atoms in total. The van der Waals surface area contributed by atoms with E-state index in [1.165, 1.54) is 51.6 Å². The summed E-state index contributed by atoms with van der Waals surface area (Å²) in [5, 5.41) is 4.18. The van der Waals surface area contributed by atoms with Gasteiger partial charge in [-0.25, -0.2) is 4.98 Å². The highest BCUT2D eigenvalue weighted by Gasteiger charge is 2.33. The van der Waals surface area contributed by atoms with E-state index in [-0.39, 0.29) is 0 Å². The lowest BCUT2D eigenvalue weighted by molar-refractivity contribution is 0.0620. The van der Waals surface area contributed by atoms with Crippen molar-refractivity contribution in [1.82, 2.24) is 9.88 Å². The molecule has 1 aromatic heterocycles. The van der Waals surface area contributed by atoms with Gasteiger partial charge in [0.2, 0.25) is 0 Å². The normalized spacial score (nSPS) is 26.6. The van der Waals surface area contributed by atoms with Gasteiger partial charge in [0.25, 0.3) is 0 Å². The molecule has 1 aromatic rings. The number of aromatic nitrogens is 1. The predicted molar refractivity (Wildman–Crippen MR) is 115 cm³/mol. The lowest BCUT2D eigenvalue weighted by Crippen LogP contribution is -2.47. The second-order valence-electron chi connectivity index (χ2n) is 8.74. The minimum Gasteiger partial charge on any atom is -0.367 e. The van der Waals surface area contributed by atoms with Crippen LogP contribution in [0.3, 0.4) is 0 Å². The van der Waals surface area contributed by atoms with E-state index < -0.39 is 0 Å². The summed E-state index contributed by atoms with van der Waals surface area (Å²) in [5.41, 5.74) is 0.327. The van der Waals surface area contributed by atoms with Gasteiger partial charge in [-0.1, -0.05) is 11.6 Å². The van der Waals surface area contributed by atoms with Crippen molar-refractivity contribution in [3.8, 4) is 0 Å². The van der Waals surface area contributed by atoms with Crippen LogP contribution in [0, 0.1) is 15.4 Å². The first-order chi connectivity index (χ1) is 11.8. The molecular formula is C20H31ClIN3. The molecule has 0 atom stereocenters. The molecule has 140 valence electrons. The number of pyridine rings is 1. The summed E-state index contributed by atoms with van der Waals surface area (Å²) < 4.78 is 1.14. The highest BCUT2D eigenvalue weighted by molar-refractivity contribution is 14.1. The Hall–Kier alpha value is -0.0700. The Morgan fingerprint density at radius 1 is 1.04 bits per heavy atom. The number of hydrogen-bond acceptors (Lipinski definition) is 3. The molecular weight excluding hydrogens is 445 g/mol. The van der Waals surface area contributed by atoms with Crippen molar-refractivity contribution in [3.05, 3.63) is 20.9 Å². The Balaban J connectivity index is 1.46. The minimum atomic E-state index is 0.327. The van der Waals surface area contributed by atoms with Crippen LogP contribution in [0.15, 0.2) is 12.1 Å². The van der Waals surface area contributed by atoms with Gasteiger partial charge >= 0.3 is 0 Å². The van der Waals surface area contributed by atoms with E-state index in [0.717, 1.165) is 21.2 Å². The molecule has 0 bridgehead atoms. The number of rotatable bonds is 3. The second-order valence-corrected chi connectivity index (χ2v) is 10.4. The number of piperidine rings is 1. The Morgan fingerprint density at radius 3 is 2.20 bits per heavy atom. The summed E-state index contributed by atoms with van der Waals surface area (Å²) in [6, 6.07) is 4.53. The molecule has 1 saturated carbocycles. The quantitative estimate of drug-likeness (QED) is 0.441. The maximum atomic E-state index is 6.08. The van der Waals surface area contributed by atoms with Gasteiger partial charge in [0, 0.05) is 15.2 Å². The molecule has 0 aromatic carbocycles. The fourth-order valence-electron chi connectivity index (χ4n) is 4.53. The fourth-order valence-corrected chi connectivity index (χ4v) is 5.51. The Labute approximate surface area is 171 Å². The zero-order valence-corrected chi connectivity index (χ0v) is 18.6. The molecule has 3 rings (SSSR count). The van der Waals surface area contributed by atoms with E-state index in [1.54, 1.807) is 0 Å². The van der Waals surface area contributed by atoms with Crippen LogP contribution in [0.2, 0.25) is 5.15 Å². The largest absolute Gasteiger partial charge is 0.367 e. The Morgan fingerprint density at radius 2 is 1.64 bits per heavy atom. The number of likely N-dealkylation sites (tertiary alicyclic amines) is 1. The van der Waals surface area contributed by atoms with Crippen molar-refractivity contribution in [1.29, 1.82) is 0 Å². The summed E-state index contributed by atoms with van der Waals surface area (Å²) >= 11 is 8.37. The highest BCUT2D eigenvalue weighted by Crippen LogP contribution is 2.37. The van der Waals surface area contributed by atoms with E-state index >= 15 is 0 Å². The monoisotopic (exact) mass is 475 g/mol. The number of halogens is 2. The van der Waals surface area contributed by atoms with Crippen LogP contribution in [0.25, 0.3) is 0 Å². The molecule has 5 heteroatoms. The molecule has 2 heterocycles. The SMILES string of the molecule is CC(C)(C)N1CCC(C2CCC(Nc3cc(I)cc(Cl)n3)CC2)CC1. The first-order valence-corrected chi connectivity index (χ1v) is 11.1. The van der Waals surface area contributed by atoms with Crippen LogP contribution in [-0.2, 0) is 0 Å². The van der Waals surface area contributed by atoms with Crippen molar-refractivity contribution in [2.75, 3.05) is 18.4 Å². The van der Waals surface area contributed by atoms with Crippen LogP contribution < -0.4 is 5.32 Å². The van der Waals surface area contributed by atoms with E-state index in [9.17, 15) is 0 Å². The average Bonchev–Trinajstić information content (AvgIpc) is 2.54. The number of hydrogen-bond donors (Lipinski definition) is 1. The van der Waals surface area contributed by atoms with Gasteiger partial charge in [-0.2, -0.15) is 0 Å². The molecule has 1 aliphatic heterocycles. The number of nitrogens with one attached hydrogen (secondary N) is 1. The third-order valence-electron chi connectivity index (χ3n) is 6.04. The predicted octanol–water partition coefficient (Wildman–Crippen LogP) is 5.82. The van der Waals surface area contributed by atoms with Crippen molar-refractivity contribution in [2.24, 2.45) is 11.8 Å². The molecule has 0 amide bonds. The van der Waals surface area contributed by atoms with Gasteiger partial charge in [0.15, 0.2) is 0 Å². The van der Waals surface area contributed by atoms with Crippen molar-refractivity contribution in [3.63, 3.8) is 0 Å². The van der Waals surface area contributed by atoms with E-state index in [1.807, 2.05) is 6.07 Å². The number of nitrogens with zero attached hydrogens (tertiary/aromatic N) is 2. The van der Waals surface area contributed by atoms with Gasteiger partial charge in [0.1, 0.15) is 11.0 Å². The van der Waals surface area contributed by atoms with Gasteiger partial charge < -0.3 is 5.32 Å². The lowest BCUT2D eigenvalue weighted by atomic mass is 9.74. The molecule has 0 spiro atoms. The fraction of sp³-hybridized carbons (Fsp3) is 0.750. The van der Waals surface area contributed by atoms with Gasteiger partial charge in [0.05, 0.1) is 0 Å². The van der Waals surface area contributed by atoms with Crippen LogP contribution in [0.5, 0.6) is 0 Å². The summed E-state index contributed by atoms with van der Waals surface area (Å²) in [4.78, 5) is 7.07. The summed E-state index contributed by atoms with van der Waals surface area (Å²) in [6.07, 6.45) is 8.00. The first-order valence-electron chi connectivity index (χ1n) is 9.66. The second kappa shape index (κ2) is 8.30. The Kier molecular flexibility index (Phi) is 6.54. The molecule has 1 saturated heterocycles. The van der Waals surface area contributed by atoms with E-state index in [0.29, 0.717) is 16.7 Å². The van der Waals surface area contributed by atoms with Crippen LogP contribution in [-0.4, -0.2) is 34.6 Å². The zero-order valence-electron chi connectivity index (χ0n) is 15.7.